The summed E-state index contributed by atoms with van der Waals surface area (Å²) in [6.07, 6.45) is -6.06. The van der Waals surface area contributed by atoms with Crippen LogP contribution in [-0.2, 0) is 28.9 Å². The molecule has 1 N–H and O–H groups in total. The molecule has 3 aromatic carbocycles. The normalized spacial score (nSPS) is 16.3. The minimum atomic E-state index is -4.86. The van der Waals surface area contributed by atoms with Crippen LogP contribution in [0.25, 0.3) is 0 Å². The maximum Gasteiger partial charge on any atom is 1.00 e. The average Bonchev–Trinajstić information content (AvgIpc) is 3.52. The van der Waals surface area contributed by atoms with Crippen LogP contribution < -0.4 is 54.4 Å². The largest absolute Gasteiger partial charge is 1.00 e. The maximum atomic E-state index is 13.4. The molecular formula is C35H36F5N2NaO10S. The van der Waals surface area contributed by atoms with E-state index >= 15 is 0 Å². The van der Waals surface area contributed by atoms with E-state index < -0.39 is 77.4 Å². The molecule has 1 amide bonds. The molecule has 12 nitrogen and oxygen atoms in total. The molecule has 288 valence electrons. The number of carboxylic acids is 1. The predicted octanol–water partition coefficient (Wildman–Crippen LogP) is 1.58. The number of nitrogens with zero attached hydrogens (tertiary/aromatic N) is 1. The standard InChI is InChI=1S/C35H37F5N2O10S.Na/c1-2-53(47,48)29-13-5-22(6-14-29)30(17-18-49-32(45)16-15-31(43)44)41-33(46)23-3-7-24(8-4-23)42-20-28(19-25(42)21-50-34(36)37)51-26-9-11-27(12-10-26)52-35(38,39)40;/h3-14,25,28,30,34H,2,15-21H2,1H3,(H,41,46)(H,43,44);/q;+1/p-1/t25-,28-,30-;/m0./s1. The predicted molar refractivity (Wildman–Crippen MR) is 176 cm³/mol. The summed E-state index contributed by atoms with van der Waals surface area (Å²) in [5.74, 6) is -3.07. The van der Waals surface area contributed by atoms with Crippen LogP contribution in [0.4, 0.5) is 27.6 Å². The van der Waals surface area contributed by atoms with E-state index in [0.29, 0.717) is 11.3 Å². The third kappa shape index (κ3) is 13.7. The number of halogens is 5. The summed E-state index contributed by atoms with van der Waals surface area (Å²) >= 11 is 0. The Labute approximate surface area is 330 Å². The van der Waals surface area contributed by atoms with Crippen molar-refractivity contribution in [1.29, 1.82) is 0 Å². The van der Waals surface area contributed by atoms with Gasteiger partial charge in [-0.1, -0.05) is 19.1 Å². The van der Waals surface area contributed by atoms with Crippen LogP contribution in [0, 0.1) is 0 Å². The van der Waals surface area contributed by atoms with Crippen LogP contribution in [0.2, 0.25) is 0 Å². The van der Waals surface area contributed by atoms with E-state index in [2.05, 4.69) is 14.8 Å². The Balaban J connectivity index is 0.00000784. The fourth-order valence-corrected chi connectivity index (χ4v) is 6.42. The second-order valence-corrected chi connectivity index (χ2v) is 14.1. The summed E-state index contributed by atoms with van der Waals surface area (Å²) in [6, 6.07) is 15.4. The number of aliphatic carboxylic acids is 1. The molecule has 0 radical (unpaired) electrons. The Morgan fingerprint density at radius 1 is 0.944 bits per heavy atom. The number of sulfone groups is 1. The van der Waals surface area contributed by atoms with E-state index in [-0.39, 0.29) is 84.1 Å². The maximum absolute atomic E-state index is 13.4. The van der Waals surface area contributed by atoms with Gasteiger partial charge in [-0.2, -0.15) is 8.78 Å². The van der Waals surface area contributed by atoms with Gasteiger partial charge >= 0.3 is 48.5 Å². The number of anilines is 1. The Morgan fingerprint density at radius 3 is 2.15 bits per heavy atom. The van der Waals surface area contributed by atoms with E-state index in [1.165, 1.54) is 55.5 Å². The van der Waals surface area contributed by atoms with Crippen LogP contribution in [0.5, 0.6) is 11.5 Å². The number of hydrogen-bond donors (Lipinski definition) is 1. The number of hydrogen-bond acceptors (Lipinski definition) is 11. The Hall–Kier alpha value is -3.97. The van der Waals surface area contributed by atoms with Gasteiger partial charge in [0.1, 0.15) is 17.6 Å². The first-order valence-corrected chi connectivity index (χ1v) is 18.0. The van der Waals surface area contributed by atoms with Crippen molar-refractivity contribution < 1.29 is 98.4 Å². The molecule has 1 heterocycles. The van der Waals surface area contributed by atoms with Gasteiger partial charge in [0.2, 0.25) is 0 Å². The number of esters is 1. The molecule has 0 bridgehead atoms. The first kappa shape index (κ1) is 44.4. The number of carbonyl (C=O) groups is 3. The van der Waals surface area contributed by atoms with Gasteiger partial charge in [-0.15, -0.1) is 13.2 Å². The van der Waals surface area contributed by atoms with Gasteiger partial charge in [0.25, 0.3) is 5.91 Å². The number of amides is 1. The van der Waals surface area contributed by atoms with E-state index in [9.17, 15) is 49.9 Å². The molecule has 19 heteroatoms. The van der Waals surface area contributed by atoms with Crippen LogP contribution in [0.15, 0.2) is 77.7 Å². The third-order valence-electron chi connectivity index (χ3n) is 8.14. The summed E-state index contributed by atoms with van der Waals surface area (Å²) in [4.78, 5) is 37.8. The molecule has 3 aromatic rings. The molecule has 1 fully saturated rings. The minimum Gasteiger partial charge on any atom is -0.550 e. The SMILES string of the molecule is CCS(=O)(=O)c1ccc([C@H](CCOC(=O)CCC(=O)[O-])NC(=O)c2ccc(N3C[C@@H](Oc4ccc(OC(F)(F)F)cc4)C[C@H]3COC(F)F)cc2)cc1.[Na+]. The molecule has 0 unspecified atom stereocenters. The minimum absolute atomic E-state index is 0. The zero-order chi connectivity index (χ0) is 38.8. The van der Waals surface area contributed by atoms with Crippen molar-refractivity contribution in [2.24, 2.45) is 0 Å². The van der Waals surface area contributed by atoms with Gasteiger partial charge < -0.3 is 39.1 Å². The number of carboxylic acid groups (broad SMARTS) is 1. The number of alkyl halides is 5. The van der Waals surface area contributed by atoms with Crippen LogP contribution >= 0.6 is 0 Å². The summed E-state index contributed by atoms with van der Waals surface area (Å²) in [5, 5.41) is 13.5. The van der Waals surface area contributed by atoms with Crippen molar-refractivity contribution in [3.63, 3.8) is 0 Å². The molecule has 1 aliphatic heterocycles. The van der Waals surface area contributed by atoms with Crippen LogP contribution in [0.3, 0.4) is 0 Å². The van der Waals surface area contributed by atoms with Crippen molar-refractivity contribution >= 4 is 33.4 Å². The van der Waals surface area contributed by atoms with Gasteiger partial charge in [-0.05, 0) is 72.6 Å². The van der Waals surface area contributed by atoms with Crippen molar-refractivity contribution in [1.82, 2.24) is 5.32 Å². The van der Waals surface area contributed by atoms with E-state index in [1.807, 2.05) is 0 Å². The summed E-state index contributed by atoms with van der Waals surface area (Å²) < 4.78 is 108. The Bertz CT molecular complexity index is 1800. The number of nitrogens with one attached hydrogen (secondary N) is 1. The van der Waals surface area contributed by atoms with Crippen LogP contribution in [-0.4, -0.2) is 76.9 Å². The molecular weight excluding hydrogens is 758 g/mol. The summed E-state index contributed by atoms with van der Waals surface area (Å²) in [7, 11) is -3.50. The quantitative estimate of drug-likeness (QED) is 0.113. The summed E-state index contributed by atoms with van der Waals surface area (Å²) in [5.41, 5.74) is 1.24. The number of rotatable bonds is 18. The summed E-state index contributed by atoms with van der Waals surface area (Å²) in [6.45, 7) is -1.90. The molecule has 0 spiro atoms. The van der Waals surface area contributed by atoms with E-state index in [4.69, 9.17) is 9.47 Å². The second-order valence-electron chi connectivity index (χ2n) is 11.8. The average molecular weight is 795 g/mol. The van der Waals surface area contributed by atoms with Crippen molar-refractivity contribution in [2.75, 3.05) is 30.4 Å². The smallest absolute Gasteiger partial charge is 0.550 e. The van der Waals surface area contributed by atoms with Gasteiger partial charge in [0.15, 0.2) is 9.84 Å². The molecule has 0 saturated carbocycles. The number of benzene rings is 3. The van der Waals surface area contributed by atoms with Crippen molar-refractivity contribution in [3.05, 3.63) is 83.9 Å². The first-order valence-electron chi connectivity index (χ1n) is 16.3. The van der Waals surface area contributed by atoms with Crippen LogP contribution in [0.1, 0.15) is 54.6 Å². The van der Waals surface area contributed by atoms with E-state index in [0.717, 1.165) is 12.1 Å². The molecule has 1 aliphatic rings. The third-order valence-corrected chi connectivity index (χ3v) is 9.89. The Kier molecular flexibility index (Phi) is 16.5. The fourth-order valence-electron chi connectivity index (χ4n) is 5.54. The van der Waals surface area contributed by atoms with Gasteiger partial charge in [0, 0.05) is 30.1 Å². The molecule has 0 aromatic heterocycles. The Morgan fingerprint density at radius 2 is 1.57 bits per heavy atom. The fraction of sp³-hybridized carbons (Fsp3) is 0.400. The van der Waals surface area contributed by atoms with Crippen molar-refractivity contribution in [3.8, 4) is 11.5 Å². The van der Waals surface area contributed by atoms with Gasteiger partial charge in [-0.25, -0.2) is 8.42 Å². The molecule has 54 heavy (non-hydrogen) atoms. The number of ether oxygens (including phenoxy) is 4. The molecule has 0 aliphatic carbocycles. The topological polar surface area (TPSA) is 161 Å². The zero-order valence-electron chi connectivity index (χ0n) is 29.2. The zero-order valence-corrected chi connectivity index (χ0v) is 32.0. The van der Waals surface area contributed by atoms with E-state index in [1.54, 1.807) is 17.0 Å². The first-order chi connectivity index (χ1) is 25.0. The molecule has 3 atom stereocenters. The second kappa shape index (κ2) is 20.1. The number of carbonyl (C=O) groups excluding carboxylic acids is 3. The van der Waals surface area contributed by atoms with Crippen molar-refractivity contribution in [2.45, 2.75) is 68.7 Å². The molecule has 1 saturated heterocycles. The van der Waals surface area contributed by atoms with Gasteiger partial charge in [0.05, 0.1) is 48.9 Å². The molecule has 4 rings (SSSR count). The monoisotopic (exact) mass is 794 g/mol. The van der Waals surface area contributed by atoms with Gasteiger partial charge in [-0.3, -0.25) is 9.59 Å².